The molecule has 0 radical (unpaired) electrons. The van der Waals surface area contributed by atoms with Crippen LogP contribution in [0.3, 0.4) is 0 Å². The van der Waals surface area contributed by atoms with E-state index >= 15 is 0 Å². The first-order chi connectivity index (χ1) is 14.6. The molecular formula is C18H21N5O8. The van der Waals surface area contributed by atoms with Gasteiger partial charge in [-0.05, 0) is 6.08 Å². The van der Waals surface area contributed by atoms with E-state index < -0.39 is 48.0 Å². The number of esters is 3. The number of carbonyl (C=O) groups is 3. The highest BCUT2D eigenvalue weighted by molar-refractivity contribution is 5.74. The van der Waals surface area contributed by atoms with Crippen molar-refractivity contribution in [3.63, 3.8) is 0 Å². The van der Waals surface area contributed by atoms with E-state index in [-0.39, 0.29) is 29.5 Å². The average molecular weight is 435 g/mol. The van der Waals surface area contributed by atoms with Gasteiger partial charge in [-0.15, -0.1) is 0 Å². The fourth-order valence-electron chi connectivity index (χ4n) is 3.31. The number of nitrogens with zero attached hydrogens (tertiary/aromatic N) is 3. The molecule has 31 heavy (non-hydrogen) atoms. The molecule has 13 nitrogen and oxygen atoms in total. The zero-order valence-corrected chi connectivity index (χ0v) is 17.0. The highest BCUT2D eigenvalue weighted by Crippen LogP contribution is 2.36. The molecule has 1 saturated heterocycles. The fraction of sp³-hybridized carbons (Fsp3) is 0.444. The molecule has 2 aromatic rings. The second-order valence-electron chi connectivity index (χ2n) is 6.68. The van der Waals surface area contributed by atoms with Crippen LogP contribution in [0.4, 0.5) is 5.95 Å². The Morgan fingerprint density at radius 3 is 2.39 bits per heavy atom. The Labute approximate surface area is 175 Å². The molecule has 13 heteroatoms. The van der Waals surface area contributed by atoms with Gasteiger partial charge in [0.05, 0.1) is 0 Å². The molecular weight excluding hydrogens is 414 g/mol. The molecule has 2 unspecified atom stereocenters. The van der Waals surface area contributed by atoms with Crippen LogP contribution in [0.1, 0.15) is 32.8 Å². The molecule has 0 aliphatic carbocycles. The lowest BCUT2D eigenvalue weighted by Crippen LogP contribution is -2.40. The van der Waals surface area contributed by atoms with Gasteiger partial charge in [-0.2, -0.15) is 4.98 Å². The standard InChI is InChI=1S/C18H21N5O8/c1-5-11-20-12-15(21-18(19)22-16(12)27)23(11)17-14(30-9(4)26)13(29-8(3)25)10(31-17)6-28-7(2)24/h5,10,13-14,17H,1,6H2,2-4H3,(H3,19,21,22,27)/t10-,13?,14?,17-/m1/s1. The van der Waals surface area contributed by atoms with E-state index in [1.807, 2.05) is 0 Å². The second kappa shape index (κ2) is 8.55. The first-order valence-corrected chi connectivity index (χ1v) is 9.15. The molecule has 0 saturated carbocycles. The Morgan fingerprint density at radius 1 is 1.16 bits per heavy atom. The van der Waals surface area contributed by atoms with Crippen LogP contribution in [0.2, 0.25) is 0 Å². The summed E-state index contributed by atoms with van der Waals surface area (Å²) in [5, 5.41) is 0. The van der Waals surface area contributed by atoms with Crippen molar-refractivity contribution in [2.45, 2.75) is 45.3 Å². The van der Waals surface area contributed by atoms with Gasteiger partial charge in [-0.25, -0.2) is 4.98 Å². The Hall–Kier alpha value is -3.74. The van der Waals surface area contributed by atoms with Gasteiger partial charge >= 0.3 is 17.9 Å². The first-order valence-electron chi connectivity index (χ1n) is 9.15. The first kappa shape index (κ1) is 22.0. The minimum Gasteiger partial charge on any atom is -0.463 e. The number of rotatable bonds is 6. The lowest BCUT2D eigenvalue weighted by molar-refractivity contribution is -0.166. The maximum atomic E-state index is 12.3. The van der Waals surface area contributed by atoms with Gasteiger partial charge in [0.15, 0.2) is 29.6 Å². The number of nitrogens with one attached hydrogen (secondary N) is 1. The van der Waals surface area contributed by atoms with Crippen LogP contribution in [0.15, 0.2) is 11.4 Å². The predicted molar refractivity (Wildman–Crippen MR) is 104 cm³/mol. The highest BCUT2D eigenvalue weighted by Gasteiger charge is 2.51. The topological polar surface area (TPSA) is 178 Å². The third-order valence-electron chi connectivity index (χ3n) is 4.37. The largest absolute Gasteiger partial charge is 0.463 e. The van der Waals surface area contributed by atoms with E-state index in [1.165, 1.54) is 31.4 Å². The van der Waals surface area contributed by atoms with Crippen molar-refractivity contribution >= 4 is 41.1 Å². The maximum absolute atomic E-state index is 12.3. The zero-order chi connectivity index (χ0) is 22.9. The number of H-pyrrole nitrogens is 1. The van der Waals surface area contributed by atoms with E-state index in [2.05, 4.69) is 21.5 Å². The Bertz CT molecular complexity index is 1110. The Kier molecular flexibility index (Phi) is 6.06. The molecule has 3 heterocycles. The zero-order valence-electron chi connectivity index (χ0n) is 17.0. The van der Waals surface area contributed by atoms with Crippen molar-refractivity contribution in [1.29, 1.82) is 0 Å². The predicted octanol–water partition coefficient (Wildman–Crippen LogP) is -0.331. The van der Waals surface area contributed by atoms with Crippen LogP contribution in [0.5, 0.6) is 0 Å². The summed E-state index contributed by atoms with van der Waals surface area (Å²) in [6, 6.07) is 0. The van der Waals surface area contributed by atoms with Crippen LogP contribution < -0.4 is 11.3 Å². The molecule has 3 N–H and O–H groups in total. The van der Waals surface area contributed by atoms with E-state index in [1.54, 1.807) is 0 Å². The minimum absolute atomic E-state index is 0.0352. The summed E-state index contributed by atoms with van der Waals surface area (Å²) in [7, 11) is 0. The average Bonchev–Trinajstić information content (AvgIpc) is 3.17. The normalized spacial score (nSPS) is 22.8. The van der Waals surface area contributed by atoms with Gasteiger partial charge in [0.1, 0.15) is 18.5 Å². The molecule has 0 bridgehead atoms. The monoisotopic (exact) mass is 435 g/mol. The molecule has 0 aromatic carbocycles. The number of anilines is 1. The van der Waals surface area contributed by atoms with Crippen LogP contribution in [0.25, 0.3) is 17.2 Å². The van der Waals surface area contributed by atoms with Crippen molar-refractivity contribution in [2.24, 2.45) is 0 Å². The number of fused-ring (bicyclic) bond motifs is 1. The molecule has 2 aromatic heterocycles. The van der Waals surface area contributed by atoms with Gasteiger partial charge in [-0.3, -0.25) is 28.7 Å². The maximum Gasteiger partial charge on any atom is 0.303 e. The third-order valence-corrected chi connectivity index (χ3v) is 4.37. The molecule has 1 aliphatic rings. The lowest BCUT2D eigenvalue weighted by atomic mass is 10.1. The van der Waals surface area contributed by atoms with E-state index in [0.717, 1.165) is 0 Å². The minimum atomic E-state index is -1.18. The Balaban J connectivity index is 2.16. The number of imidazole rings is 1. The van der Waals surface area contributed by atoms with Crippen molar-refractivity contribution in [1.82, 2.24) is 19.5 Å². The number of hydrogen-bond acceptors (Lipinski definition) is 11. The highest BCUT2D eigenvalue weighted by atomic mass is 16.7. The van der Waals surface area contributed by atoms with E-state index in [9.17, 15) is 19.2 Å². The molecule has 1 fully saturated rings. The molecule has 1 aliphatic heterocycles. The fourth-order valence-corrected chi connectivity index (χ4v) is 3.31. The third kappa shape index (κ3) is 4.40. The van der Waals surface area contributed by atoms with Crippen LogP contribution in [-0.2, 0) is 33.3 Å². The van der Waals surface area contributed by atoms with Crippen molar-refractivity contribution < 1.29 is 33.3 Å². The number of hydrogen-bond donors (Lipinski definition) is 2. The number of carbonyl (C=O) groups excluding carboxylic acids is 3. The van der Waals surface area contributed by atoms with Crippen LogP contribution in [-0.4, -0.2) is 62.3 Å². The smallest absolute Gasteiger partial charge is 0.303 e. The van der Waals surface area contributed by atoms with E-state index in [4.69, 9.17) is 24.7 Å². The van der Waals surface area contributed by atoms with Crippen molar-refractivity contribution in [3.8, 4) is 0 Å². The number of nitrogen functional groups attached to an aromatic ring is 1. The molecule has 4 atom stereocenters. The van der Waals surface area contributed by atoms with E-state index in [0.29, 0.717) is 0 Å². The van der Waals surface area contributed by atoms with Crippen LogP contribution >= 0.6 is 0 Å². The van der Waals surface area contributed by atoms with Gasteiger partial charge in [0.25, 0.3) is 5.56 Å². The summed E-state index contributed by atoms with van der Waals surface area (Å²) >= 11 is 0. The number of nitrogens with two attached hydrogens (primary N) is 1. The molecule has 0 spiro atoms. The van der Waals surface area contributed by atoms with Gasteiger partial charge in [-0.1, -0.05) is 6.58 Å². The summed E-state index contributed by atoms with van der Waals surface area (Å²) in [5.41, 5.74) is 5.06. The van der Waals surface area contributed by atoms with Gasteiger partial charge in [0, 0.05) is 20.8 Å². The van der Waals surface area contributed by atoms with Gasteiger partial charge in [0.2, 0.25) is 5.95 Å². The molecule has 3 rings (SSSR count). The quantitative estimate of drug-likeness (QED) is 0.448. The van der Waals surface area contributed by atoms with Gasteiger partial charge < -0.3 is 24.7 Å². The summed E-state index contributed by atoms with van der Waals surface area (Å²) in [5.74, 6) is -1.95. The summed E-state index contributed by atoms with van der Waals surface area (Å²) in [6.45, 7) is 6.93. The van der Waals surface area contributed by atoms with Crippen molar-refractivity contribution in [2.75, 3.05) is 12.3 Å². The Morgan fingerprint density at radius 2 is 1.81 bits per heavy atom. The number of ether oxygens (including phenoxy) is 4. The molecule has 166 valence electrons. The summed E-state index contributed by atoms with van der Waals surface area (Å²) < 4.78 is 23.0. The number of aromatic nitrogens is 4. The SMILES string of the molecule is C=Cc1nc2c(=O)[nH]c(N)nc2n1[C@@H]1O[C@H](COC(C)=O)C(OC(C)=O)C1OC(C)=O. The number of aromatic amines is 1. The summed E-state index contributed by atoms with van der Waals surface area (Å²) in [6.07, 6.45) is -3.11. The lowest BCUT2D eigenvalue weighted by Gasteiger charge is -2.24. The molecule has 0 amide bonds. The second-order valence-corrected chi connectivity index (χ2v) is 6.68. The van der Waals surface area contributed by atoms with Crippen LogP contribution in [0, 0.1) is 0 Å². The van der Waals surface area contributed by atoms with Crippen molar-refractivity contribution in [3.05, 3.63) is 22.8 Å². The summed E-state index contributed by atoms with van der Waals surface area (Å²) in [4.78, 5) is 57.7.